The van der Waals surface area contributed by atoms with E-state index in [9.17, 15) is 4.79 Å². The van der Waals surface area contributed by atoms with Gasteiger partial charge in [-0.3, -0.25) is 9.48 Å². The number of nitrogens with zero attached hydrogens (tertiary/aromatic N) is 3. The smallest absolute Gasteiger partial charge is 0.189 e. The molecular formula is C10H10ClN3OS. The Bertz CT molecular complexity index is 512. The second-order valence-electron chi connectivity index (χ2n) is 3.45. The van der Waals surface area contributed by atoms with Gasteiger partial charge in [0.15, 0.2) is 5.78 Å². The molecule has 0 bridgehead atoms. The highest BCUT2D eigenvalue weighted by atomic mass is 35.5. The molecule has 6 heteroatoms. The van der Waals surface area contributed by atoms with Crippen molar-refractivity contribution in [3.8, 4) is 0 Å². The molecule has 0 aromatic carbocycles. The predicted octanol–water partition coefficient (Wildman–Crippen LogP) is 2.26. The molecular weight excluding hydrogens is 246 g/mol. The van der Waals surface area contributed by atoms with Crippen LogP contribution in [0.4, 0.5) is 0 Å². The lowest BCUT2D eigenvalue weighted by Gasteiger charge is -1.99. The zero-order valence-corrected chi connectivity index (χ0v) is 10.5. The Labute approximate surface area is 102 Å². The maximum absolute atomic E-state index is 11.9. The quantitative estimate of drug-likeness (QED) is 0.791. The molecule has 0 unspecified atom stereocenters. The third-order valence-corrected chi connectivity index (χ3v) is 3.38. The summed E-state index contributed by atoms with van der Waals surface area (Å²) in [6.07, 6.45) is 1.75. The highest BCUT2D eigenvalue weighted by Gasteiger charge is 2.17. The molecule has 0 aliphatic rings. The van der Waals surface area contributed by atoms with Gasteiger partial charge in [0.25, 0.3) is 0 Å². The highest BCUT2D eigenvalue weighted by molar-refractivity contribution is 7.09. The number of carbonyl (C=O) groups is 1. The topological polar surface area (TPSA) is 47.8 Å². The van der Waals surface area contributed by atoms with Gasteiger partial charge in [-0.25, -0.2) is 4.98 Å². The summed E-state index contributed by atoms with van der Waals surface area (Å²) in [5, 5.41) is 7.05. The van der Waals surface area contributed by atoms with Gasteiger partial charge in [-0.2, -0.15) is 5.10 Å². The number of aromatic nitrogens is 3. The largest absolute Gasteiger partial charge is 0.292 e. The SMILES string of the molecule is Cc1csc(CC(=O)c2c(Cl)cnn2C)n1. The second-order valence-corrected chi connectivity index (χ2v) is 4.80. The zero-order chi connectivity index (χ0) is 11.7. The van der Waals surface area contributed by atoms with Crippen LogP contribution in [0.15, 0.2) is 11.6 Å². The number of hydrogen-bond donors (Lipinski definition) is 0. The lowest BCUT2D eigenvalue weighted by Crippen LogP contribution is -2.10. The Hall–Kier alpha value is -1.20. The van der Waals surface area contributed by atoms with E-state index < -0.39 is 0 Å². The van der Waals surface area contributed by atoms with E-state index in [1.165, 1.54) is 22.2 Å². The highest BCUT2D eigenvalue weighted by Crippen LogP contribution is 2.18. The standard InChI is InChI=1S/C10H10ClN3OS/c1-6-5-16-9(13-6)3-8(15)10-7(11)4-12-14(10)2/h4-5H,3H2,1-2H3. The predicted molar refractivity (Wildman–Crippen MR) is 63.1 cm³/mol. The summed E-state index contributed by atoms with van der Waals surface area (Å²) in [6.45, 7) is 1.90. The first-order valence-electron chi connectivity index (χ1n) is 4.69. The van der Waals surface area contributed by atoms with Crippen molar-refractivity contribution in [1.82, 2.24) is 14.8 Å². The van der Waals surface area contributed by atoms with E-state index in [0.717, 1.165) is 10.7 Å². The minimum absolute atomic E-state index is 0.0562. The molecule has 0 saturated heterocycles. The number of aryl methyl sites for hydroxylation is 2. The van der Waals surface area contributed by atoms with Crippen molar-refractivity contribution in [2.75, 3.05) is 0 Å². The molecule has 0 spiro atoms. The Balaban J connectivity index is 2.21. The van der Waals surface area contributed by atoms with Crippen LogP contribution < -0.4 is 0 Å². The summed E-state index contributed by atoms with van der Waals surface area (Å²) < 4.78 is 1.49. The fourth-order valence-corrected chi connectivity index (χ4v) is 2.47. The molecule has 2 heterocycles. The fraction of sp³-hybridized carbons (Fsp3) is 0.300. The molecule has 2 aromatic rings. The molecule has 0 N–H and O–H groups in total. The van der Waals surface area contributed by atoms with Crippen LogP contribution in [-0.2, 0) is 13.5 Å². The Morgan fingerprint density at radius 3 is 2.88 bits per heavy atom. The number of carbonyl (C=O) groups excluding carboxylic acids is 1. The van der Waals surface area contributed by atoms with Gasteiger partial charge in [-0.15, -0.1) is 11.3 Å². The first-order valence-corrected chi connectivity index (χ1v) is 5.95. The molecule has 84 valence electrons. The monoisotopic (exact) mass is 255 g/mol. The van der Waals surface area contributed by atoms with Crippen molar-refractivity contribution in [2.45, 2.75) is 13.3 Å². The van der Waals surface area contributed by atoms with Crippen LogP contribution in [-0.4, -0.2) is 20.5 Å². The Kier molecular flexibility index (Phi) is 3.07. The average molecular weight is 256 g/mol. The lowest BCUT2D eigenvalue weighted by molar-refractivity contribution is 0.0984. The van der Waals surface area contributed by atoms with Gasteiger partial charge in [0.1, 0.15) is 10.7 Å². The third kappa shape index (κ3) is 2.15. The average Bonchev–Trinajstić information content (AvgIpc) is 2.74. The van der Waals surface area contributed by atoms with Gasteiger partial charge in [-0.1, -0.05) is 11.6 Å². The number of ketones is 1. The van der Waals surface area contributed by atoms with Crippen molar-refractivity contribution in [3.63, 3.8) is 0 Å². The maximum Gasteiger partial charge on any atom is 0.189 e. The van der Waals surface area contributed by atoms with E-state index in [1.807, 2.05) is 12.3 Å². The summed E-state index contributed by atoms with van der Waals surface area (Å²) in [6, 6.07) is 0. The van der Waals surface area contributed by atoms with Gasteiger partial charge < -0.3 is 0 Å². The van der Waals surface area contributed by atoms with Crippen molar-refractivity contribution < 1.29 is 4.79 Å². The number of Topliss-reactive ketones (excluding diaryl/α,β-unsaturated/α-hetero) is 1. The second kappa shape index (κ2) is 4.35. The molecule has 0 radical (unpaired) electrons. The summed E-state index contributed by atoms with van der Waals surface area (Å²) >= 11 is 7.37. The Morgan fingerprint density at radius 1 is 1.62 bits per heavy atom. The fourth-order valence-electron chi connectivity index (χ4n) is 1.43. The van der Waals surface area contributed by atoms with E-state index in [2.05, 4.69) is 10.1 Å². The normalized spacial score (nSPS) is 10.7. The van der Waals surface area contributed by atoms with Crippen LogP contribution in [0.1, 0.15) is 21.2 Å². The Morgan fingerprint density at radius 2 is 2.38 bits per heavy atom. The van der Waals surface area contributed by atoms with Crippen molar-refractivity contribution in [3.05, 3.63) is 33.0 Å². The lowest BCUT2D eigenvalue weighted by atomic mass is 10.2. The van der Waals surface area contributed by atoms with Crippen molar-refractivity contribution >= 4 is 28.7 Å². The molecule has 0 atom stereocenters. The molecule has 0 fully saturated rings. The summed E-state index contributed by atoms with van der Waals surface area (Å²) in [7, 11) is 1.70. The molecule has 16 heavy (non-hydrogen) atoms. The molecule has 0 aliphatic heterocycles. The van der Waals surface area contributed by atoms with Gasteiger partial charge >= 0.3 is 0 Å². The molecule has 0 aliphatic carbocycles. The van der Waals surface area contributed by atoms with Gasteiger partial charge in [0, 0.05) is 18.1 Å². The maximum atomic E-state index is 11.9. The summed E-state index contributed by atoms with van der Waals surface area (Å²) in [5.41, 5.74) is 1.37. The van der Waals surface area contributed by atoms with Crippen molar-refractivity contribution in [2.24, 2.45) is 7.05 Å². The number of thiazole rings is 1. The van der Waals surface area contributed by atoms with Crippen LogP contribution in [0.3, 0.4) is 0 Å². The third-order valence-electron chi connectivity index (χ3n) is 2.14. The minimum Gasteiger partial charge on any atom is -0.292 e. The molecule has 2 rings (SSSR count). The minimum atomic E-state index is -0.0562. The molecule has 0 saturated carbocycles. The van der Waals surface area contributed by atoms with Crippen molar-refractivity contribution in [1.29, 1.82) is 0 Å². The molecule has 4 nitrogen and oxygen atoms in total. The van der Waals surface area contributed by atoms with E-state index in [0.29, 0.717) is 10.7 Å². The number of rotatable bonds is 3. The van der Waals surface area contributed by atoms with Crippen LogP contribution in [0.2, 0.25) is 5.02 Å². The van der Waals surface area contributed by atoms with Crippen LogP contribution in [0, 0.1) is 6.92 Å². The molecule has 2 aromatic heterocycles. The number of halogens is 1. The first-order chi connectivity index (χ1) is 7.58. The summed E-state index contributed by atoms with van der Waals surface area (Å²) in [5.74, 6) is -0.0562. The van der Waals surface area contributed by atoms with E-state index in [-0.39, 0.29) is 12.2 Å². The van der Waals surface area contributed by atoms with Gasteiger partial charge in [0.2, 0.25) is 0 Å². The van der Waals surface area contributed by atoms with E-state index >= 15 is 0 Å². The molecule has 0 amide bonds. The first kappa shape index (κ1) is 11.3. The summed E-state index contributed by atoms with van der Waals surface area (Å²) in [4.78, 5) is 16.2. The van der Waals surface area contributed by atoms with Crippen LogP contribution in [0.5, 0.6) is 0 Å². The van der Waals surface area contributed by atoms with Crippen LogP contribution >= 0.6 is 22.9 Å². The van der Waals surface area contributed by atoms with E-state index in [4.69, 9.17) is 11.6 Å². The zero-order valence-electron chi connectivity index (χ0n) is 8.90. The number of hydrogen-bond acceptors (Lipinski definition) is 4. The van der Waals surface area contributed by atoms with E-state index in [1.54, 1.807) is 7.05 Å². The van der Waals surface area contributed by atoms with Gasteiger partial charge in [-0.05, 0) is 6.92 Å². The van der Waals surface area contributed by atoms with Gasteiger partial charge in [0.05, 0.1) is 17.6 Å². The van der Waals surface area contributed by atoms with Crippen LogP contribution in [0.25, 0.3) is 0 Å².